The first-order valence-corrected chi connectivity index (χ1v) is 8.17. The number of aromatic amines is 1. The molecule has 0 aliphatic rings. The SMILES string of the molecule is Cc1cccc(C)c1NC(=O)c1ccccc1NC=C(C#N)c1nn[nH]n1. The zero-order valence-electron chi connectivity index (χ0n) is 14.8. The van der Waals surface area contributed by atoms with Crippen LogP contribution in [0.2, 0.25) is 0 Å². The molecule has 0 unspecified atom stereocenters. The Morgan fingerprint density at radius 1 is 1.15 bits per heavy atom. The number of anilines is 2. The summed E-state index contributed by atoms with van der Waals surface area (Å²) in [7, 11) is 0. The van der Waals surface area contributed by atoms with Crippen LogP contribution in [-0.2, 0) is 0 Å². The highest BCUT2D eigenvalue weighted by Crippen LogP contribution is 2.23. The quantitative estimate of drug-likeness (QED) is 0.602. The maximum atomic E-state index is 12.8. The van der Waals surface area contributed by atoms with Gasteiger partial charge < -0.3 is 10.6 Å². The molecular weight excluding hydrogens is 342 g/mol. The second kappa shape index (κ2) is 7.93. The Morgan fingerprint density at radius 2 is 1.89 bits per heavy atom. The van der Waals surface area contributed by atoms with Crippen molar-refractivity contribution in [1.29, 1.82) is 5.26 Å². The number of hydrogen-bond acceptors (Lipinski definition) is 6. The smallest absolute Gasteiger partial charge is 0.257 e. The van der Waals surface area contributed by atoms with Crippen LogP contribution in [-0.4, -0.2) is 26.5 Å². The first kappa shape index (κ1) is 17.8. The highest BCUT2D eigenvalue weighted by atomic mass is 16.1. The molecule has 1 heterocycles. The molecule has 0 bridgehead atoms. The van der Waals surface area contributed by atoms with Crippen molar-refractivity contribution in [2.75, 3.05) is 10.6 Å². The lowest BCUT2D eigenvalue weighted by molar-refractivity contribution is 0.102. The normalized spacial score (nSPS) is 10.9. The molecule has 0 atom stereocenters. The van der Waals surface area contributed by atoms with Gasteiger partial charge in [0.2, 0.25) is 5.82 Å². The fraction of sp³-hybridized carbons (Fsp3) is 0.105. The highest BCUT2D eigenvalue weighted by Gasteiger charge is 2.13. The second-order valence-electron chi connectivity index (χ2n) is 5.82. The predicted molar refractivity (Wildman–Crippen MR) is 102 cm³/mol. The standard InChI is InChI=1S/C19H17N7O/c1-12-6-5-7-13(2)17(12)22-19(27)15-8-3-4-9-16(15)21-11-14(10-20)18-23-25-26-24-18/h3-9,11,21H,1-2H3,(H,22,27)(H,23,24,25,26). The fourth-order valence-corrected chi connectivity index (χ4v) is 2.57. The summed E-state index contributed by atoms with van der Waals surface area (Å²) in [4.78, 5) is 12.8. The van der Waals surface area contributed by atoms with E-state index in [0.717, 1.165) is 16.8 Å². The Kier molecular flexibility index (Phi) is 5.23. The van der Waals surface area contributed by atoms with Gasteiger partial charge in [-0.2, -0.15) is 10.5 Å². The number of aryl methyl sites for hydroxylation is 2. The lowest BCUT2D eigenvalue weighted by atomic mass is 10.1. The molecule has 8 heteroatoms. The molecule has 0 spiro atoms. The summed E-state index contributed by atoms with van der Waals surface area (Å²) in [6.07, 6.45) is 1.44. The van der Waals surface area contributed by atoms with Gasteiger partial charge in [0, 0.05) is 11.9 Å². The molecule has 0 saturated carbocycles. The van der Waals surface area contributed by atoms with E-state index in [4.69, 9.17) is 0 Å². The van der Waals surface area contributed by atoms with Gasteiger partial charge in [-0.1, -0.05) is 30.3 Å². The molecule has 2 aromatic carbocycles. The summed E-state index contributed by atoms with van der Waals surface area (Å²) in [5.74, 6) is -0.0792. The van der Waals surface area contributed by atoms with Crippen molar-refractivity contribution < 1.29 is 4.79 Å². The Balaban J connectivity index is 1.86. The molecule has 0 saturated heterocycles. The minimum Gasteiger partial charge on any atom is -0.360 e. The molecule has 134 valence electrons. The average Bonchev–Trinajstić information content (AvgIpc) is 3.20. The number of allylic oxidation sites excluding steroid dienone is 1. The van der Waals surface area contributed by atoms with Gasteiger partial charge >= 0.3 is 0 Å². The zero-order valence-corrected chi connectivity index (χ0v) is 14.8. The van der Waals surface area contributed by atoms with E-state index in [1.165, 1.54) is 6.20 Å². The van der Waals surface area contributed by atoms with Gasteiger partial charge in [-0.25, -0.2) is 0 Å². The number of tetrazole rings is 1. The summed E-state index contributed by atoms with van der Waals surface area (Å²) >= 11 is 0. The molecule has 0 aliphatic carbocycles. The van der Waals surface area contributed by atoms with E-state index in [1.807, 2.05) is 38.1 Å². The number of carbonyl (C=O) groups is 1. The lowest BCUT2D eigenvalue weighted by Gasteiger charge is -2.13. The number of aromatic nitrogens is 4. The van der Waals surface area contributed by atoms with E-state index in [2.05, 4.69) is 31.3 Å². The Hall–Kier alpha value is -3.99. The lowest BCUT2D eigenvalue weighted by Crippen LogP contribution is -2.15. The van der Waals surface area contributed by atoms with Crippen LogP contribution in [0.5, 0.6) is 0 Å². The number of hydrogen-bond donors (Lipinski definition) is 3. The van der Waals surface area contributed by atoms with Crippen molar-refractivity contribution in [1.82, 2.24) is 20.6 Å². The van der Waals surface area contributed by atoms with Gasteiger partial charge in [-0.05, 0) is 42.3 Å². The monoisotopic (exact) mass is 359 g/mol. The largest absolute Gasteiger partial charge is 0.360 e. The van der Waals surface area contributed by atoms with Crippen LogP contribution in [0.15, 0.2) is 48.7 Å². The third-order valence-electron chi connectivity index (χ3n) is 3.97. The molecule has 1 aromatic heterocycles. The minimum absolute atomic E-state index is 0.169. The summed E-state index contributed by atoms with van der Waals surface area (Å²) in [5, 5.41) is 28.5. The van der Waals surface area contributed by atoms with Crippen molar-refractivity contribution in [3.05, 3.63) is 71.2 Å². The number of nitrogens with zero attached hydrogens (tertiary/aromatic N) is 4. The summed E-state index contributed by atoms with van der Waals surface area (Å²) in [6, 6.07) is 14.9. The number of rotatable bonds is 5. The van der Waals surface area contributed by atoms with Crippen molar-refractivity contribution in [3.8, 4) is 6.07 Å². The first-order valence-electron chi connectivity index (χ1n) is 8.17. The molecule has 1 amide bonds. The topological polar surface area (TPSA) is 119 Å². The average molecular weight is 359 g/mol. The van der Waals surface area contributed by atoms with Crippen molar-refractivity contribution >= 4 is 22.9 Å². The van der Waals surface area contributed by atoms with Crippen LogP contribution >= 0.6 is 0 Å². The Morgan fingerprint density at radius 3 is 2.56 bits per heavy atom. The molecule has 0 radical (unpaired) electrons. The van der Waals surface area contributed by atoms with Gasteiger partial charge in [0.25, 0.3) is 5.91 Å². The molecule has 27 heavy (non-hydrogen) atoms. The minimum atomic E-state index is -0.248. The predicted octanol–water partition coefficient (Wildman–Crippen LogP) is 3.05. The van der Waals surface area contributed by atoms with Gasteiger partial charge in [0.05, 0.1) is 11.3 Å². The van der Waals surface area contributed by atoms with Crippen molar-refractivity contribution in [3.63, 3.8) is 0 Å². The Labute approximate surface area is 155 Å². The van der Waals surface area contributed by atoms with Crippen LogP contribution in [0.4, 0.5) is 11.4 Å². The first-order chi connectivity index (χ1) is 13.1. The molecule has 8 nitrogen and oxygen atoms in total. The van der Waals surface area contributed by atoms with Crippen LogP contribution in [0.25, 0.3) is 5.57 Å². The van der Waals surface area contributed by atoms with Crippen LogP contribution < -0.4 is 10.6 Å². The van der Waals surface area contributed by atoms with Crippen LogP contribution in [0.3, 0.4) is 0 Å². The van der Waals surface area contributed by atoms with Gasteiger partial charge in [0.15, 0.2) is 0 Å². The van der Waals surface area contributed by atoms with Gasteiger partial charge in [-0.3, -0.25) is 4.79 Å². The summed E-state index contributed by atoms with van der Waals surface area (Å²) in [6.45, 7) is 3.89. The molecule has 3 N–H and O–H groups in total. The van der Waals surface area contributed by atoms with E-state index in [0.29, 0.717) is 11.3 Å². The van der Waals surface area contributed by atoms with E-state index in [1.54, 1.807) is 24.3 Å². The molecule has 0 fully saturated rings. The van der Waals surface area contributed by atoms with Gasteiger partial charge in [0.1, 0.15) is 11.6 Å². The number of carbonyl (C=O) groups excluding carboxylic acids is 1. The molecule has 0 aliphatic heterocycles. The molecule has 3 aromatic rings. The third-order valence-corrected chi connectivity index (χ3v) is 3.97. The molecule has 3 rings (SSSR count). The number of nitrogens with one attached hydrogen (secondary N) is 3. The maximum Gasteiger partial charge on any atom is 0.257 e. The number of benzene rings is 2. The third kappa shape index (κ3) is 3.99. The van der Waals surface area contributed by atoms with Crippen LogP contribution in [0.1, 0.15) is 27.3 Å². The fourth-order valence-electron chi connectivity index (χ4n) is 2.57. The Bertz CT molecular complexity index is 1010. The molecular formula is C19H17N7O. The van der Waals surface area contributed by atoms with E-state index in [9.17, 15) is 10.1 Å². The van der Waals surface area contributed by atoms with Gasteiger partial charge in [-0.15, -0.1) is 10.2 Å². The van der Waals surface area contributed by atoms with Crippen molar-refractivity contribution in [2.45, 2.75) is 13.8 Å². The highest BCUT2D eigenvalue weighted by molar-refractivity contribution is 6.08. The summed E-state index contributed by atoms with van der Waals surface area (Å²) in [5.41, 5.74) is 3.94. The zero-order chi connectivity index (χ0) is 19.2. The van der Waals surface area contributed by atoms with Crippen LogP contribution in [0, 0.1) is 25.2 Å². The van der Waals surface area contributed by atoms with Crippen molar-refractivity contribution in [2.24, 2.45) is 0 Å². The number of para-hydroxylation sites is 2. The number of amides is 1. The number of H-pyrrole nitrogens is 1. The maximum absolute atomic E-state index is 12.8. The van der Waals surface area contributed by atoms with E-state index >= 15 is 0 Å². The number of nitriles is 1. The second-order valence-corrected chi connectivity index (χ2v) is 5.82. The van der Waals surface area contributed by atoms with E-state index in [-0.39, 0.29) is 17.3 Å². The van der Waals surface area contributed by atoms with E-state index < -0.39 is 0 Å². The summed E-state index contributed by atoms with van der Waals surface area (Å²) < 4.78 is 0.